The van der Waals surface area contributed by atoms with E-state index in [9.17, 15) is 9.59 Å². The highest BCUT2D eigenvalue weighted by Crippen LogP contribution is 2.25. The molecule has 172 valence electrons. The van der Waals surface area contributed by atoms with E-state index in [1.54, 1.807) is 0 Å². The first kappa shape index (κ1) is 23.1. The summed E-state index contributed by atoms with van der Waals surface area (Å²) in [6.45, 7) is 9.29. The van der Waals surface area contributed by atoms with Crippen LogP contribution in [0.4, 0.5) is 5.69 Å². The molecule has 4 rings (SSSR count). The van der Waals surface area contributed by atoms with Crippen molar-refractivity contribution in [2.75, 3.05) is 18.4 Å². The molecule has 6 nitrogen and oxygen atoms in total. The Morgan fingerprint density at radius 2 is 1.79 bits per heavy atom. The van der Waals surface area contributed by atoms with Gasteiger partial charge in [0.05, 0.1) is 17.8 Å². The first-order valence-corrected chi connectivity index (χ1v) is 11.6. The third kappa shape index (κ3) is 4.67. The van der Waals surface area contributed by atoms with Crippen molar-refractivity contribution in [1.29, 1.82) is 0 Å². The highest BCUT2D eigenvalue weighted by atomic mass is 35.5. The second kappa shape index (κ2) is 9.40. The summed E-state index contributed by atoms with van der Waals surface area (Å²) < 4.78 is 1.82. The van der Waals surface area contributed by atoms with Crippen molar-refractivity contribution in [3.63, 3.8) is 0 Å². The van der Waals surface area contributed by atoms with Crippen molar-refractivity contribution in [2.24, 2.45) is 0 Å². The van der Waals surface area contributed by atoms with Gasteiger partial charge in [-0.05, 0) is 75.9 Å². The van der Waals surface area contributed by atoms with Gasteiger partial charge >= 0.3 is 0 Å². The third-order valence-corrected chi connectivity index (χ3v) is 6.82. The Labute approximate surface area is 199 Å². The predicted molar refractivity (Wildman–Crippen MR) is 131 cm³/mol. The zero-order valence-corrected chi connectivity index (χ0v) is 20.3. The van der Waals surface area contributed by atoms with Gasteiger partial charge in [-0.2, -0.15) is 5.10 Å². The number of rotatable bonds is 5. The molecule has 7 heteroatoms. The van der Waals surface area contributed by atoms with Crippen LogP contribution in [0.2, 0.25) is 5.02 Å². The van der Waals surface area contributed by atoms with Crippen LogP contribution in [0.1, 0.15) is 51.3 Å². The Hall–Kier alpha value is -3.12. The minimum atomic E-state index is -0.142. The number of nitrogens with zero attached hydrogens (tertiary/aromatic N) is 3. The second-order valence-corrected chi connectivity index (χ2v) is 9.10. The minimum absolute atomic E-state index is 0.0332. The number of aromatic nitrogens is 2. The molecule has 0 radical (unpaired) electrons. The molecule has 0 spiro atoms. The highest BCUT2D eigenvalue weighted by Gasteiger charge is 2.22. The number of halogens is 1. The number of likely N-dealkylation sites (tertiary alicyclic amines) is 1. The van der Waals surface area contributed by atoms with Crippen molar-refractivity contribution >= 4 is 29.1 Å². The molecule has 0 saturated carbocycles. The molecule has 1 N–H and O–H groups in total. The van der Waals surface area contributed by atoms with Crippen LogP contribution in [0.5, 0.6) is 0 Å². The Kier molecular flexibility index (Phi) is 6.56. The summed E-state index contributed by atoms with van der Waals surface area (Å²) in [5.41, 5.74) is 6.55. The summed E-state index contributed by atoms with van der Waals surface area (Å²) in [6, 6.07) is 11.3. The number of aryl methyl sites for hydroxylation is 2. The third-order valence-electron chi connectivity index (χ3n) is 6.41. The van der Waals surface area contributed by atoms with Gasteiger partial charge in [0.15, 0.2) is 0 Å². The molecule has 1 fully saturated rings. The Morgan fingerprint density at radius 1 is 1.06 bits per heavy atom. The van der Waals surface area contributed by atoms with E-state index < -0.39 is 0 Å². The van der Waals surface area contributed by atoms with Gasteiger partial charge < -0.3 is 10.2 Å². The number of carbonyl (C=O) groups is 2. The number of benzene rings is 2. The van der Waals surface area contributed by atoms with Gasteiger partial charge in [0.25, 0.3) is 5.91 Å². The highest BCUT2D eigenvalue weighted by molar-refractivity contribution is 6.31. The lowest BCUT2D eigenvalue weighted by atomic mass is 10.0. The number of hydrogen-bond acceptors (Lipinski definition) is 3. The van der Waals surface area contributed by atoms with Crippen LogP contribution >= 0.6 is 11.6 Å². The molecule has 0 atom stereocenters. The molecule has 2 heterocycles. The molecule has 1 aliphatic heterocycles. The molecule has 0 aliphatic carbocycles. The fraction of sp³-hybridized carbons (Fsp3) is 0.346. The van der Waals surface area contributed by atoms with Gasteiger partial charge in [-0.3, -0.25) is 9.59 Å². The lowest BCUT2D eigenvalue weighted by molar-refractivity contribution is -0.115. The molecule has 1 saturated heterocycles. The molecular formula is C26H29ClN4O2. The van der Waals surface area contributed by atoms with E-state index in [0.717, 1.165) is 59.7 Å². The molecule has 1 aliphatic rings. The Balaban J connectivity index is 1.53. The number of hydrogen-bond donors (Lipinski definition) is 1. The average molecular weight is 465 g/mol. The van der Waals surface area contributed by atoms with E-state index in [1.807, 2.05) is 73.7 Å². The second-order valence-electron chi connectivity index (χ2n) is 8.70. The summed E-state index contributed by atoms with van der Waals surface area (Å²) in [5, 5.41) is 8.31. The van der Waals surface area contributed by atoms with Gasteiger partial charge in [0.1, 0.15) is 0 Å². The SMILES string of the molecule is Cc1ccc(-n2nc(C)c(CC(=O)Nc3cccc(C(=O)N4CCCC4)c3C)c2C)cc1Cl. The summed E-state index contributed by atoms with van der Waals surface area (Å²) in [6.07, 6.45) is 2.28. The van der Waals surface area contributed by atoms with E-state index in [0.29, 0.717) is 16.3 Å². The number of anilines is 1. The van der Waals surface area contributed by atoms with Crippen molar-refractivity contribution in [1.82, 2.24) is 14.7 Å². The molecule has 3 aromatic rings. The monoisotopic (exact) mass is 464 g/mol. The summed E-state index contributed by atoms with van der Waals surface area (Å²) in [7, 11) is 0. The first-order valence-electron chi connectivity index (χ1n) is 11.3. The van der Waals surface area contributed by atoms with Gasteiger partial charge in [-0.15, -0.1) is 0 Å². The van der Waals surface area contributed by atoms with E-state index in [4.69, 9.17) is 11.6 Å². The first-order chi connectivity index (χ1) is 15.8. The van der Waals surface area contributed by atoms with Gasteiger partial charge in [0.2, 0.25) is 5.91 Å². The zero-order valence-electron chi connectivity index (χ0n) is 19.5. The van der Waals surface area contributed by atoms with Crippen LogP contribution in [-0.4, -0.2) is 39.6 Å². The number of carbonyl (C=O) groups excluding carboxylic acids is 2. The van der Waals surface area contributed by atoms with Gasteiger partial charge in [0, 0.05) is 40.6 Å². The maximum atomic E-state index is 13.0. The summed E-state index contributed by atoms with van der Waals surface area (Å²) in [5.74, 6) is -0.109. The van der Waals surface area contributed by atoms with Crippen LogP contribution in [0.15, 0.2) is 36.4 Å². The fourth-order valence-electron chi connectivity index (χ4n) is 4.34. The van der Waals surface area contributed by atoms with E-state index in [2.05, 4.69) is 10.4 Å². The quantitative estimate of drug-likeness (QED) is 0.566. The van der Waals surface area contributed by atoms with E-state index in [-0.39, 0.29) is 18.2 Å². The fourth-order valence-corrected chi connectivity index (χ4v) is 4.52. The van der Waals surface area contributed by atoms with Crippen LogP contribution in [0.25, 0.3) is 5.69 Å². The lowest BCUT2D eigenvalue weighted by Crippen LogP contribution is -2.28. The largest absolute Gasteiger partial charge is 0.339 e. The molecule has 0 bridgehead atoms. The van der Waals surface area contributed by atoms with E-state index in [1.165, 1.54) is 0 Å². The standard InChI is InChI=1S/C26H29ClN4O2/c1-16-10-11-20(14-23(16)27)31-19(4)22(18(3)29-31)15-25(32)28-24-9-7-8-21(17(24)2)26(33)30-12-5-6-13-30/h7-11,14H,5-6,12-13,15H2,1-4H3,(H,28,32). The van der Waals surface area contributed by atoms with Gasteiger partial charge in [-0.1, -0.05) is 23.7 Å². The van der Waals surface area contributed by atoms with E-state index >= 15 is 0 Å². The molecule has 0 unspecified atom stereocenters. The topological polar surface area (TPSA) is 67.2 Å². The summed E-state index contributed by atoms with van der Waals surface area (Å²) in [4.78, 5) is 27.7. The predicted octanol–water partition coefficient (Wildman–Crippen LogP) is 5.18. The van der Waals surface area contributed by atoms with Crippen LogP contribution < -0.4 is 5.32 Å². The smallest absolute Gasteiger partial charge is 0.254 e. The summed E-state index contributed by atoms with van der Waals surface area (Å²) >= 11 is 6.30. The molecule has 33 heavy (non-hydrogen) atoms. The van der Waals surface area contributed by atoms with Crippen molar-refractivity contribution in [2.45, 2.75) is 47.0 Å². The van der Waals surface area contributed by atoms with Crippen LogP contribution in [0, 0.1) is 27.7 Å². The minimum Gasteiger partial charge on any atom is -0.339 e. The molecule has 1 aromatic heterocycles. The van der Waals surface area contributed by atoms with Crippen LogP contribution in [-0.2, 0) is 11.2 Å². The molecule has 2 amide bonds. The Bertz CT molecular complexity index is 1230. The lowest BCUT2D eigenvalue weighted by Gasteiger charge is -2.18. The van der Waals surface area contributed by atoms with Crippen LogP contribution in [0.3, 0.4) is 0 Å². The maximum absolute atomic E-state index is 13.0. The number of amides is 2. The Morgan fingerprint density at radius 3 is 2.48 bits per heavy atom. The van der Waals surface area contributed by atoms with Crippen molar-refractivity contribution in [3.05, 3.63) is 75.1 Å². The normalized spacial score (nSPS) is 13.4. The number of nitrogens with one attached hydrogen (secondary N) is 1. The maximum Gasteiger partial charge on any atom is 0.254 e. The average Bonchev–Trinajstić information content (AvgIpc) is 3.41. The molecular weight excluding hydrogens is 436 g/mol. The van der Waals surface area contributed by atoms with Gasteiger partial charge in [-0.25, -0.2) is 4.68 Å². The van der Waals surface area contributed by atoms with Crippen molar-refractivity contribution < 1.29 is 9.59 Å². The molecule has 2 aromatic carbocycles. The van der Waals surface area contributed by atoms with Crippen molar-refractivity contribution in [3.8, 4) is 5.69 Å². The zero-order chi connectivity index (χ0) is 23.7.